The van der Waals surface area contributed by atoms with Gasteiger partial charge in [0.25, 0.3) is 5.91 Å². The highest BCUT2D eigenvalue weighted by Crippen LogP contribution is 2.26. The number of carbonyl (C=O) groups excluding carboxylic acids is 1. The lowest BCUT2D eigenvalue weighted by atomic mass is 10.2. The van der Waals surface area contributed by atoms with Gasteiger partial charge in [-0.15, -0.1) is 0 Å². The molecule has 0 saturated carbocycles. The number of rotatable bonds is 6. The molecular weight excluding hydrogens is 560 g/mol. The molecule has 1 aromatic heterocycles. The van der Waals surface area contributed by atoms with Crippen LogP contribution in [0.2, 0.25) is 10.0 Å². The van der Waals surface area contributed by atoms with E-state index in [2.05, 4.69) is 37.7 Å². The number of hydrogen-bond acceptors (Lipinski definition) is 3. The van der Waals surface area contributed by atoms with Crippen molar-refractivity contribution in [1.29, 1.82) is 0 Å². The van der Waals surface area contributed by atoms with E-state index >= 15 is 0 Å². The van der Waals surface area contributed by atoms with Gasteiger partial charge < -0.3 is 9.30 Å². The lowest BCUT2D eigenvalue weighted by Crippen LogP contribution is -2.17. The first-order valence-electron chi connectivity index (χ1n) is 9.65. The number of methoxy groups -OCH3 is 1. The summed E-state index contributed by atoms with van der Waals surface area (Å²) in [6, 6.07) is 18.9. The van der Waals surface area contributed by atoms with Gasteiger partial charge in [-0.05, 0) is 64.6 Å². The van der Waals surface area contributed by atoms with Crippen molar-refractivity contribution in [1.82, 2.24) is 9.99 Å². The lowest BCUT2D eigenvalue weighted by molar-refractivity contribution is 0.0954. The first kappa shape index (κ1) is 22.6. The standard InChI is InChI=1S/C24H18Cl2IN3O2/c1-32-23-11-16(7-9-21(23)27)24(31)29-28-12-17-14-30(22-5-3-2-4-18(17)22)13-15-6-8-19(25)20(26)10-15/h2-12,14H,13H2,1H3,(H,29,31)/b28-12-. The molecule has 5 nitrogen and oxygen atoms in total. The van der Waals surface area contributed by atoms with Gasteiger partial charge in [-0.1, -0.05) is 47.5 Å². The van der Waals surface area contributed by atoms with Crippen molar-refractivity contribution in [2.75, 3.05) is 7.11 Å². The van der Waals surface area contributed by atoms with Gasteiger partial charge in [0.05, 0.1) is 26.9 Å². The Bertz CT molecular complexity index is 1330. The first-order chi connectivity index (χ1) is 15.5. The fourth-order valence-electron chi connectivity index (χ4n) is 3.37. The number of hydrazone groups is 1. The van der Waals surface area contributed by atoms with Gasteiger partial charge in [0.15, 0.2) is 0 Å². The molecule has 0 bridgehead atoms. The number of benzene rings is 3. The molecule has 162 valence electrons. The van der Waals surface area contributed by atoms with Crippen LogP contribution in [0.1, 0.15) is 21.5 Å². The summed E-state index contributed by atoms with van der Waals surface area (Å²) in [4.78, 5) is 12.5. The molecule has 3 aromatic carbocycles. The molecule has 0 aliphatic rings. The molecule has 8 heteroatoms. The summed E-state index contributed by atoms with van der Waals surface area (Å²) in [7, 11) is 1.57. The maximum atomic E-state index is 12.5. The summed E-state index contributed by atoms with van der Waals surface area (Å²) in [6.07, 6.45) is 3.65. The lowest BCUT2D eigenvalue weighted by Gasteiger charge is -2.06. The Morgan fingerprint density at radius 1 is 1.12 bits per heavy atom. The van der Waals surface area contributed by atoms with Crippen LogP contribution in [0.4, 0.5) is 0 Å². The van der Waals surface area contributed by atoms with Crippen molar-refractivity contribution >= 4 is 68.8 Å². The number of para-hydroxylation sites is 1. The van der Waals surface area contributed by atoms with E-state index in [0.29, 0.717) is 27.9 Å². The smallest absolute Gasteiger partial charge is 0.271 e. The molecule has 0 atom stereocenters. The zero-order valence-electron chi connectivity index (χ0n) is 17.0. The molecule has 1 heterocycles. The summed E-state index contributed by atoms with van der Waals surface area (Å²) in [5, 5.41) is 6.26. The van der Waals surface area contributed by atoms with Crippen molar-refractivity contribution in [3.8, 4) is 5.75 Å². The molecule has 0 spiro atoms. The average molecular weight is 578 g/mol. The van der Waals surface area contributed by atoms with Crippen molar-refractivity contribution < 1.29 is 9.53 Å². The summed E-state index contributed by atoms with van der Waals surface area (Å²) in [5.41, 5.74) is 6.03. The molecule has 4 rings (SSSR count). The topological polar surface area (TPSA) is 55.6 Å². The van der Waals surface area contributed by atoms with Crippen LogP contribution in [0.15, 0.2) is 72.0 Å². The molecule has 1 amide bonds. The minimum atomic E-state index is -0.310. The Balaban J connectivity index is 1.56. The van der Waals surface area contributed by atoms with E-state index in [4.69, 9.17) is 27.9 Å². The van der Waals surface area contributed by atoms with Gasteiger partial charge in [-0.3, -0.25) is 4.79 Å². The fraction of sp³-hybridized carbons (Fsp3) is 0.0833. The highest BCUT2D eigenvalue weighted by Gasteiger charge is 2.10. The van der Waals surface area contributed by atoms with E-state index in [1.807, 2.05) is 48.7 Å². The number of fused-ring (bicyclic) bond motifs is 1. The Morgan fingerprint density at radius 3 is 2.72 bits per heavy atom. The molecule has 0 aliphatic carbocycles. The molecular formula is C24H18Cl2IN3O2. The summed E-state index contributed by atoms with van der Waals surface area (Å²) in [6.45, 7) is 0.625. The second kappa shape index (κ2) is 9.94. The van der Waals surface area contributed by atoms with Crippen molar-refractivity contribution in [2.45, 2.75) is 6.54 Å². The molecule has 0 radical (unpaired) electrons. The van der Waals surface area contributed by atoms with Crippen LogP contribution in [0.3, 0.4) is 0 Å². The number of ether oxygens (including phenoxy) is 1. The number of nitrogens with one attached hydrogen (secondary N) is 1. The van der Waals surface area contributed by atoms with Gasteiger partial charge in [0.1, 0.15) is 5.75 Å². The van der Waals surface area contributed by atoms with Crippen LogP contribution in [0.25, 0.3) is 10.9 Å². The largest absolute Gasteiger partial charge is 0.496 e. The number of aromatic nitrogens is 1. The predicted octanol–water partition coefficient (Wildman–Crippen LogP) is 6.37. The van der Waals surface area contributed by atoms with Crippen LogP contribution in [0.5, 0.6) is 5.75 Å². The minimum absolute atomic E-state index is 0.310. The highest BCUT2D eigenvalue weighted by atomic mass is 127. The summed E-state index contributed by atoms with van der Waals surface area (Å²) in [5.74, 6) is 0.336. The van der Waals surface area contributed by atoms with E-state index in [1.54, 1.807) is 31.5 Å². The van der Waals surface area contributed by atoms with Crippen molar-refractivity contribution in [3.63, 3.8) is 0 Å². The van der Waals surface area contributed by atoms with E-state index in [-0.39, 0.29) is 5.91 Å². The fourth-order valence-corrected chi connectivity index (χ4v) is 4.25. The Hall–Kier alpha value is -2.55. The normalized spacial score (nSPS) is 11.2. The number of carbonyl (C=O) groups is 1. The van der Waals surface area contributed by atoms with E-state index in [0.717, 1.165) is 25.6 Å². The first-order valence-corrected chi connectivity index (χ1v) is 11.5. The van der Waals surface area contributed by atoms with Crippen LogP contribution < -0.4 is 10.2 Å². The third kappa shape index (κ3) is 4.92. The molecule has 0 saturated heterocycles. The maximum absolute atomic E-state index is 12.5. The molecule has 0 aliphatic heterocycles. The van der Waals surface area contributed by atoms with Crippen LogP contribution in [0, 0.1) is 3.57 Å². The third-order valence-corrected chi connectivity index (χ3v) is 6.57. The predicted molar refractivity (Wildman–Crippen MR) is 138 cm³/mol. The molecule has 32 heavy (non-hydrogen) atoms. The van der Waals surface area contributed by atoms with E-state index in [1.165, 1.54) is 0 Å². The van der Waals surface area contributed by atoms with E-state index in [9.17, 15) is 4.79 Å². The minimum Gasteiger partial charge on any atom is -0.496 e. The number of halogens is 3. The zero-order valence-corrected chi connectivity index (χ0v) is 20.6. The second-order valence-electron chi connectivity index (χ2n) is 7.03. The monoisotopic (exact) mass is 577 g/mol. The summed E-state index contributed by atoms with van der Waals surface area (Å²) < 4.78 is 8.32. The Morgan fingerprint density at radius 2 is 1.94 bits per heavy atom. The Labute approximate surface area is 209 Å². The van der Waals surface area contributed by atoms with Gasteiger partial charge in [-0.2, -0.15) is 5.10 Å². The zero-order chi connectivity index (χ0) is 22.7. The maximum Gasteiger partial charge on any atom is 0.271 e. The van der Waals surface area contributed by atoms with Crippen LogP contribution in [-0.2, 0) is 6.54 Å². The van der Waals surface area contributed by atoms with Gasteiger partial charge in [-0.25, -0.2) is 5.43 Å². The average Bonchev–Trinajstić information content (AvgIpc) is 3.14. The Kier molecular flexibility index (Phi) is 7.03. The quantitative estimate of drug-likeness (QED) is 0.164. The SMILES string of the molecule is COc1cc(C(=O)N/N=C\c2cn(Cc3ccc(Cl)c(Cl)c3)c3ccccc23)ccc1I. The molecule has 0 unspecified atom stereocenters. The van der Waals surface area contributed by atoms with Crippen molar-refractivity contribution in [3.05, 3.63) is 97.2 Å². The van der Waals surface area contributed by atoms with Crippen LogP contribution in [-0.4, -0.2) is 23.8 Å². The van der Waals surface area contributed by atoms with Crippen molar-refractivity contribution in [2.24, 2.45) is 5.10 Å². The number of hydrogen-bond donors (Lipinski definition) is 1. The van der Waals surface area contributed by atoms with Gasteiger partial charge >= 0.3 is 0 Å². The molecule has 0 fully saturated rings. The number of amides is 1. The van der Waals surface area contributed by atoms with E-state index < -0.39 is 0 Å². The number of nitrogens with zero attached hydrogens (tertiary/aromatic N) is 2. The molecule has 4 aromatic rings. The van der Waals surface area contributed by atoms with Gasteiger partial charge in [0.2, 0.25) is 0 Å². The second-order valence-corrected chi connectivity index (χ2v) is 9.00. The molecule has 1 N–H and O–H groups in total. The van der Waals surface area contributed by atoms with Gasteiger partial charge in [0, 0.05) is 34.8 Å². The summed E-state index contributed by atoms with van der Waals surface area (Å²) >= 11 is 14.4. The van der Waals surface area contributed by atoms with Crippen LogP contribution >= 0.6 is 45.8 Å². The highest BCUT2D eigenvalue weighted by molar-refractivity contribution is 14.1. The third-order valence-electron chi connectivity index (χ3n) is 4.94.